The van der Waals surface area contributed by atoms with Gasteiger partial charge < -0.3 is 33.5 Å². The largest absolute Gasteiger partial charge is 1.00 e. The van der Waals surface area contributed by atoms with Crippen molar-refractivity contribution in [1.82, 2.24) is 8.75 Å². The van der Waals surface area contributed by atoms with Crippen LogP contribution in [-0.4, -0.2) is 52.2 Å². The highest BCUT2D eigenvalue weighted by atomic mass is 127. The van der Waals surface area contributed by atoms with Gasteiger partial charge in [-0.05, 0) is 18.4 Å². The number of benzene rings is 1. The normalized spacial score (nSPS) is 17.3. The first-order valence-corrected chi connectivity index (χ1v) is 17.0. The van der Waals surface area contributed by atoms with Crippen molar-refractivity contribution in [3.05, 3.63) is 47.7 Å². The summed E-state index contributed by atoms with van der Waals surface area (Å²) >= 11 is 1.21. The summed E-state index contributed by atoms with van der Waals surface area (Å²) in [5, 5.41) is 0. The smallest absolute Gasteiger partial charge is 0.310 e. The van der Waals surface area contributed by atoms with Gasteiger partial charge in [0.05, 0.1) is 38.3 Å². The number of unbranched alkanes of at least 4 members (excludes halogenated alkanes) is 11. The van der Waals surface area contributed by atoms with Crippen molar-refractivity contribution in [3.8, 4) is 5.88 Å². The predicted molar refractivity (Wildman–Crippen MR) is 170 cm³/mol. The Morgan fingerprint density at radius 1 is 0.905 bits per heavy atom. The maximum atomic E-state index is 13.1. The fourth-order valence-electron chi connectivity index (χ4n) is 5.65. The molecule has 236 valence electrons. The summed E-state index contributed by atoms with van der Waals surface area (Å²) in [6.07, 6.45) is 19.9. The molecule has 0 N–H and O–H groups in total. The maximum Gasteiger partial charge on any atom is 0.310 e. The Labute approximate surface area is 276 Å². The summed E-state index contributed by atoms with van der Waals surface area (Å²) in [7, 11) is 2.22. The summed E-state index contributed by atoms with van der Waals surface area (Å²) in [5.41, 5.74) is 3.19. The predicted octanol–water partition coefficient (Wildman–Crippen LogP) is 5.77. The van der Waals surface area contributed by atoms with Gasteiger partial charge in [0.25, 0.3) is 5.88 Å². The van der Waals surface area contributed by atoms with Gasteiger partial charge in [-0.2, -0.15) is 4.37 Å². The Morgan fingerprint density at radius 2 is 1.55 bits per heavy atom. The van der Waals surface area contributed by atoms with Crippen molar-refractivity contribution >= 4 is 23.3 Å². The van der Waals surface area contributed by atoms with Crippen LogP contribution < -0.4 is 28.7 Å². The Morgan fingerprint density at radius 3 is 2.24 bits per heavy atom. The SMILES string of the molecule is CCCCCCCCCCCC(=O)OC(Cc1ccccc1)[N+]1(C)CCC=C(c2nsnc2OCCCCCC)C1.[I-]. The second kappa shape index (κ2) is 21.2. The molecular formula is C34H54IN3O3S. The number of carbonyl (C=O) groups is 1. The van der Waals surface area contributed by atoms with E-state index in [9.17, 15) is 4.79 Å². The van der Waals surface area contributed by atoms with E-state index in [-0.39, 0.29) is 36.2 Å². The number of ether oxygens (including phenoxy) is 2. The van der Waals surface area contributed by atoms with Crippen LogP contribution in [0.4, 0.5) is 0 Å². The van der Waals surface area contributed by atoms with Crippen molar-refractivity contribution in [2.75, 3.05) is 26.7 Å². The third-order valence-electron chi connectivity index (χ3n) is 8.26. The monoisotopic (exact) mass is 711 g/mol. The van der Waals surface area contributed by atoms with Gasteiger partial charge in [0.15, 0.2) is 0 Å². The number of esters is 1. The first kappa shape index (κ1) is 36.7. The van der Waals surface area contributed by atoms with Crippen molar-refractivity contribution in [3.63, 3.8) is 0 Å². The molecule has 1 aliphatic rings. The minimum absolute atomic E-state index is 0. The van der Waals surface area contributed by atoms with Crippen LogP contribution in [0.1, 0.15) is 121 Å². The number of rotatable bonds is 21. The number of hydrogen-bond donors (Lipinski definition) is 0. The molecule has 8 heteroatoms. The molecular weight excluding hydrogens is 657 g/mol. The van der Waals surface area contributed by atoms with Crippen LogP contribution in [-0.2, 0) is 16.0 Å². The molecule has 0 spiro atoms. The van der Waals surface area contributed by atoms with Crippen molar-refractivity contribution < 1.29 is 42.7 Å². The van der Waals surface area contributed by atoms with Crippen LogP contribution in [0.25, 0.3) is 5.57 Å². The average Bonchev–Trinajstić information content (AvgIpc) is 3.45. The zero-order valence-electron chi connectivity index (χ0n) is 26.3. The number of nitrogens with zero attached hydrogens (tertiary/aromatic N) is 3. The topological polar surface area (TPSA) is 61.3 Å². The molecule has 0 fully saturated rings. The van der Waals surface area contributed by atoms with Crippen molar-refractivity contribution in [1.29, 1.82) is 0 Å². The number of likely N-dealkylation sites (N-methyl/N-ethyl adjacent to an activating group) is 1. The van der Waals surface area contributed by atoms with E-state index < -0.39 is 0 Å². The van der Waals surface area contributed by atoms with Gasteiger partial charge in [-0.15, -0.1) is 4.37 Å². The molecule has 0 saturated carbocycles. The third-order valence-corrected chi connectivity index (χ3v) is 8.77. The molecule has 0 aliphatic carbocycles. The van der Waals surface area contributed by atoms with Gasteiger partial charge in [0.1, 0.15) is 12.2 Å². The fourth-order valence-corrected chi connectivity index (χ4v) is 6.18. The lowest BCUT2D eigenvalue weighted by Crippen LogP contribution is -3.00. The molecule has 2 atom stereocenters. The maximum absolute atomic E-state index is 13.1. The summed E-state index contributed by atoms with van der Waals surface area (Å²) in [6.45, 7) is 6.79. The highest BCUT2D eigenvalue weighted by Crippen LogP contribution is 2.32. The quantitative estimate of drug-likeness (QED) is 0.0713. The summed E-state index contributed by atoms with van der Waals surface area (Å²) in [4.78, 5) is 13.1. The highest BCUT2D eigenvalue weighted by molar-refractivity contribution is 6.99. The van der Waals surface area contributed by atoms with Crippen LogP contribution >= 0.6 is 11.7 Å². The van der Waals surface area contributed by atoms with E-state index in [1.54, 1.807) is 0 Å². The third kappa shape index (κ3) is 13.0. The van der Waals surface area contributed by atoms with Gasteiger partial charge >= 0.3 is 5.97 Å². The van der Waals surface area contributed by atoms with Gasteiger partial charge in [0, 0.05) is 18.4 Å². The van der Waals surface area contributed by atoms with Gasteiger partial charge in [0.2, 0.25) is 6.23 Å². The van der Waals surface area contributed by atoms with Crippen LogP contribution in [0.5, 0.6) is 5.88 Å². The number of aromatic nitrogens is 2. The van der Waals surface area contributed by atoms with Crippen molar-refractivity contribution in [2.45, 2.75) is 123 Å². The molecule has 0 radical (unpaired) electrons. The van der Waals surface area contributed by atoms with Crippen LogP contribution in [0.3, 0.4) is 0 Å². The zero-order valence-corrected chi connectivity index (χ0v) is 29.3. The minimum atomic E-state index is -0.253. The number of carbonyl (C=O) groups excluding carboxylic acids is 1. The summed E-state index contributed by atoms with van der Waals surface area (Å²) < 4.78 is 22.1. The minimum Gasteiger partial charge on any atom is -1.00 e. The van der Waals surface area contributed by atoms with Crippen LogP contribution in [0, 0.1) is 0 Å². The van der Waals surface area contributed by atoms with E-state index in [1.807, 2.05) is 6.07 Å². The average molecular weight is 712 g/mol. The molecule has 1 aliphatic heterocycles. The van der Waals surface area contributed by atoms with Crippen molar-refractivity contribution in [2.24, 2.45) is 0 Å². The molecule has 0 amide bonds. The van der Waals surface area contributed by atoms with Crippen LogP contribution in [0.15, 0.2) is 36.4 Å². The standard InChI is InChI=1S/C34H54N3O3S.HI/c1-4-6-8-10-11-12-13-14-18-24-32(38)40-31(27-29-21-16-15-17-22-29)37(3)25-20-23-30(28-37)33-34(36-41-35-33)39-26-19-9-7-5-2;/h15-17,21-23,31H,4-14,18-20,24-28H2,1-3H3;1H/q+1;/p-1. The lowest BCUT2D eigenvalue weighted by Gasteiger charge is -2.42. The van der Waals surface area contributed by atoms with Gasteiger partial charge in [-0.3, -0.25) is 9.28 Å². The Bertz CT molecular complexity index is 1030. The number of hydrogen-bond acceptors (Lipinski definition) is 6. The van der Waals surface area contributed by atoms with E-state index >= 15 is 0 Å². The Kier molecular flexibility index (Phi) is 18.5. The molecule has 3 rings (SSSR count). The molecule has 0 bridgehead atoms. The van der Waals surface area contributed by atoms with E-state index in [4.69, 9.17) is 9.47 Å². The van der Waals surface area contributed by atoms with E-state index in [0.29, 0.717) is 29.8 Å². The summed E-state index contributed by atoms with van der Waals surface area (Å²) in [5.74, 6) is 0.573. The molecule has 1 aromatic heterocycles. The lowest BCUT2D eigenvalue weighted by atomic mass is 10.0. The summed E-state index contributed by atoms with van der Waals surface area (Å²) in [6, 6.07) is 10.4. The Balaban J connectivity index is 0.00000616. The number of halogens is 1. The molecule has 2 aromatic rings. The molecule has 1 aromatic carbocycles. The second-order valence-corrected chi connectivity index (χ2v) is 12.4. The molecule has 42 heavy (non-hydrogen) atoms. The second-order valence-electron chi connectivity index (χ2n) is 11.9. The van der Waals surface area contributed by atoms with Crippen LogP contribution in [0.2, 0.25) is 0 Å². The van der Waals surface area contributed by atoms with E-state index in [0.717, 1.165) is 50.0 Å². The van der Waals surface area contributed by atoms with Gasteiger partial charge in [-0.25, -0.2) is 0 Å². The Hall–Kier alpha value is -1.52. The first-order valence-electron chi connectivity index (χ1n) is 16.3. The number of quaternary nitrogens is 1. The molecule has 0 saturated heterocycles. The highest BCUT2D eigenvalue weighted by Gasteiger charge is 2.39. The zero-order chi connectivity index (χ0) is 29.2. The lowest BCUT2D eigenvalue weighted by molar-refractivity contribution is -0.946. The molecule has 6 nitrogen and oxygen atoms in total. The van der Waals surface area contributed by atoms with E-state index in [2.05, 4.69) is 60.0 Å². The van der Waals surface area contributed by atoms with Gasteiger partial charge in [-0.1, -0.05) is 121 Å². The first-order chi connectivity index (χ1) is 20.1. The molecule has 2 heterocycles. The molecule has 2 unspecified atom stereocenters. The van der Waals surface area contributed by atoms with E-state index in [1.165, 1.54) is 81.5 Å². The fraction of sp³-hybridized carbons (Fsp3) is 0.676.